The Bertz CT molecular complexity index is 712. The van der Waals surface area contributed by atoms with Crippen LogP contribution in [0, 0.1) is 11.3 Å². The summed E-state index contributed by atoms with van der Waals surface area (Å²) >= 11 is 0. The quantitative estimate of drug-likeness (QED) is 0.587. The Labute approximate surface area is 98.3 Å². The number of benzene rings is 3. The number of rotatable bonds is 0. The minimum absolute atomic E-state index is 0.246. The van der Waals surface area contributed by atoms with Crippen LogP contribution in [-0.2, 0) is 0 Å². The van der Waals surface area contributed by atoms with Crippen LogP contribution in [0.1, 0.15) is 5.56 Å². The Kier molecular flexibility index (Phi) is 1.99. The van der Waals surface area contributed by atoms with Crippen molar-refractivity contribution in [2.75, 3.05) is 0 Å². The number of phenolic OH excluding ortho intramolecular Hbond substituents is 1. The standard InChI is InChI=1S/C15H9NO/c16-9-14-10-5-1-3-7-12(10)15(17)13-8-4-2-6-11(13)14/h1-8,17H. The van der Waals surface area contributed by atoms with E-state index in [1.54, 1.807) is 0 Å². The number of nitrogens with zero attached hydrogens (tertiary/aromatic N) is 1. The van der Waals surface area contributed by atoms with Crippen LogP contribution in [0.15, 0.2) is 48.5 Å². The molecule has 0 aliphatic rings. The van der Waals surface area contributed by atoms with E-state index in [2.05, 4.69) is 6.07 Å². The molecule has 0 amide bonds. The summed E-state index contributed by atoms with van der Waals surface area (Å²) in [5.74, 6) is 0.246. The highest BCUT2D eigenvalue weighted by Gasteiger charge is 2.11. The average molecular weight is 219 g/mol. The maximum Gasteiger partial charge on any atom is 0.131 e. The van der Waals surface area contributed by atoms with E-state index in [-0.39, 0.29) is 5.75 Å². The molecular formula is C15H9NO. The predicted octanol–water partition coefficient (Wildman–Crippen LogP) is 3.57. The van der Waals surface area contributed by atoms with Crippen LogP contribution < -0.4 is 0 Å². The Balaban J connectivity index is 2.70. The summed E-state index contributed by atoms with van der Waals surface area (Å²) in [6.07, 6.45) is 0. The van der Waals surface area contributed by atoms with Crippen molar-refractivity contribution in [3.05, 3.63) is 54.1 Å². The first-order chi connectivity index (χ1) is 8.33. The Hall–Kier alpha value is -2.53. The van der Waals surface area contributed by atoms with Gasteiger partial charge in [0.25, 0.3) is 0 Å². The molecule has 0 radical (unpaired) electrons. The number of nitriles is 1. The first kappa shape index (κ1) is 9.68. The van der Waals surface area contributed by atoms with Gasteiger partial charge in [-0.15, -0.1) is 0 Å². The van der Waals surface area contributed by atoms with E-state index in [9.17, 15) is 10.4 Å². The van der Waals surface area contributed by atoms with Gasteiger partial charge in [-0.05, 0) is 0 Å². The van der Waals surface area contributed by atoms with Crippen molar-refractivity contribution in [3.63, 3.8) is 0 Å². The van der Waals surface area contributed by atoms with E-state index in [4.69, 9.17) is 0 Å². The molecule has 0 spiro atoms. The van der Waals surface area contributed by atoms with Gasteiger partial charge in [0.2, 0.25) is 0 Å². The molecule has 0 aliphatic heterocycles. The molecule has 0 unspecified atom stereocenters. The van der Waals surface area contributed by atoms with Gasteiger partial charge >= 0.3 is 0 Å². The summed E-state index contributed by atoms with van der Waals surface area (Å²) in [5.41, 5.74) is 0.619. The van der Waals surface area contributed by atoms with Gasteiger partial charge in [0.05, 0.1) is 5.56 Å². The lowest BCUT2D eigenvalue weighted by Crippen LogP contribution is -1.85. The Morgan fingerprint density at radius 1 is 0.765 bits per heavy atom. The zero-order chi connectivity index (χ0) is 11.8. The van der Waals surface area contributed by atoms with Crippen molar-refractivity contribution < 1.29 is 5.11 Å². The van der Waals surface area contributed by atoms with E-state index >= 15 is 0 Å². The molecule has 0 aromatic heterocycles. The molecule has 0 fully saturated rings. The van der Waals surface area contributed by atoms with Crippen LogP contribution >= 0.6 is 0 Å². The molecule has 0 saturated carbocycles. The zero-order valence-electron chi connectivity index (χ0n) is 9.01. The molecule has 0 aliphatic carbocycles. The third kappa shape index (κ3) is 1.26. The third-order valence-corrected chi connectivity index (χ3v) is 3.01. The summed E-state index contributed by atoms with van der Waals surface area (Å²) in [6, 6.07) is 17.1. The second-order valence-corrected chi connectivity index (χ2v) is 3.93. The average Bonchev–Trinajstić information content (AvgIpc) is 2.40. The van der Waals surface area contributed by atoms with Crippen molar-refractivity contribution in [3.8, 4) is 11.8 Å². The van der Waals surface area contributed by atoms with E-state index < -0.39 is 0 Å². The fraction of sp³-hybridized carbons (Fsp3) is 0. The molecule has 2 heteroatoms. The zero-order valence-corrected chi connectivity index (χ0v) is 9.01. The fourth-order valence-corrected chi connectivity index (χ4v) is 2.23. The molecule has 0 heterocycles. The predicted molar refractivity (Wildman–Crippen MR) is 67.8 cm³/mol. The smallest absolute Gasteiger partial charge is 0.131 e. The van der Waals surface area contributed by atoms with Gasteiger partial charge in [0.15, 0.2) is 0 Å². The van der Waals surface area contributed by atoms with E-state index in [1.807, 2.05) is 48.5 Å². The first-order valence-corrected chi connectivity index (χ1v) is 5.35. The number of phenols is 1. The summed E-state index contributed by atoms with van der Waals surface area (Å²) in [4.78, 5) is 0. The van der Waals surface area contributed by atoms with Gasteiger partial charge in [-0.25, -0.2) is 0 Å². The topological polar surface area (TPSA) is 44.0 Å². The maximum atomic E-state index is 10.2. The first-order valence-electron chi connectivity index (χ1n) is 5.35. The molecule has 0 bridgehead atoms. The van der Waals surface area contributed by atoms with E-state index in [0.29, 0.717) is 5.56 Å². The van der Waals surface area contributed by atoms with Crippen LogP contribution in [0.25, 0.3) is 21.5 Å². The van der Waals surface area contributed by atoms with Crippen LogP contribution in [0.4, 0.5) is 0 Å². The molecule has 2 nitrogen and oxygen atoms in total. The number of fused-ring (bicyclic) bond motifs is 2. The minimum atomic E-state index is 0.246. The normalized spacial score (nSPS) is 10.5. The van der Waals surface area contributed by atoms with Crippen LogP contribution in [0.2, 0.25) is 0 Å². The van der Waals surface area contributed by atoms with Gasteiger partial charge in [0.1, 0.15) is 11.8 Å². The van der Waals surface area contributed by atoms with Gasteiger partial charge in [-0.2, -0.15) is 5.26 Å². The second kappa shape index (κ2) is 3.50. The van der Waals surface area contributed by atoms with Crippen molar-refractivity contribution >= 4 is 21.5 Å². The summed E-state index contributed by atoms with van der Waals surface area (Å²) in [7, 11) is 0. The lowest BCUT2D eigenvalue weighted by atomic mass is 9.96. The summed E-state index contributed by atoms with van der Waals surface area (Å²) < 4.78 is 0. The van der Waals surface area contributed by atoms with Crippen LogP contribution in [0.3, 0.4) is 0 Å². The van der Waals surface area contributed by atoms with Gasteiger partial charge in [-0.3, -0.25) is 0 Å². The summed E-state index contributed by atoms with van der Waals surface area (Å²) in [5, 5.41) is 22.6. The lowest BCUT2D eigenvalue weighted by molar-refractivity contribution is 0.488. The lowest BCUT2D eigenvalue weighted by Gasteiger charge is -2.08. The molecule has 3 aromatic carbocycles. The highest BCUT2D eigenvalue weighted by atomic mass is 16.3. The molecule has 3 aromatic rings. The molecule has 0 saturated heterocycles. The Morgan fingerprint density at radius 3 is 1.59 bits per heavy atom. The molecule has 17 heavy (non-hydrogen) atoms. The maximum absolute atomic E-state index is 10.2. The van der Waals surface area contributed by atoms with E-state index in [1.165, 1.54) is 0 Å². The van der Waals surface area contributed by atoms with Crippen molar-refractivity contribution in [1.82, 2.24) is 0 Å². The van der Waals surface area contributed by atoms with Gasteiger partial charge < -0.3 is 5.11 Å². The highest BCUT2D eigenvalue weighted by molar-refractivity contribution is 6.09. The van der Waals surface area contributed by atoms with Crippen molar-refractivity contribution in [1.29, 1.82) is 5.26 Å². The molecule has 0 atom stereocenters. The monoisotopic (exact) mass is 219 g/mol. The molecule has 1 N–H and O–H groups in total. The third-order valence-electron chi connectivity index (χ3n) is 3.01. The molecule has 3 rings (SSSR count). The van der Waals surface area contributed by atoms with Crippen molar-refractivity contribution in [2.45, 2.75) is 0 Å². The number of hydrogen-bond acceptors (Lipinski definition) is 2. The van der Waals surface area contributed by atoms with Crippen LogP contribution in [0.5, 0.6) is 5.75 Å². The largest absolute Gasteiger partial charge is 0.507 e. The highest BCUT2D eigenvalue weighted by Crippen LogP contribution is 2.36. The number of hydrogen-bond donors (Lipinski definition) is 1. The second-order valence-electron chi connectivity index (χ2n) is 3.93. The fourth-order valence-electron chi connectivity index (χ4n) is 2.23. The van der Waals surface area contributed by atoms with Crippen LogP contribution in [-0.4, -0.2) is 5.11 Å². The molecular weight excluding hydrogens is 210 g/mol. The van der Waals surface area contributed by atoms with E-state index in [0.717, 1.165) is 21.5 Å². The SMILES string of the molecule is N#Cc1c2ccccc2c(O)c2ccccc12. The number of aromatic hydroxyl groups is 1. The van der Waals surface area contributed by atoms with Gasteiger partial charge in [0, 0.05) is 21.5 Å². The van der Waals surface area contributed by atoms with Crippen molar-refractivity contribution in [2.24, 2.45) is 0 Å². The molecule has 80 valence electrons. The minimum Gasteiger partial charge on any atom is -0.507 e. The van der Waals surface area contributed by atoms with Gasteiger partial charge in [-0.1, -0.05) is 48.5 Å². The summed E-state index contributed by atoms with van der Waals surface area (Å²) in [6.45, 7) is 0. The Morgan fingerprint density at radius 2 is 1.18 bits per heavy atom.